The maximum absolute atomic E-state index is 6.03. The highest BCUT2D eigenvalue weighted by Gasteiger charge is 2.21. The van der Waals surface area contributed by atoms with E-state index >= 15 is 0 Å². The molecule has 0 saturated carbocycles. The van der Waals surface area contributed by atoms with Gasteiger partial charge in [0.1, 0.15) is 0 Å². The van der Waals surface area contributed by atoms with E-state index < -0.39 is 0 Å². The highest BCUT2D eigenvalue weighted by Crippen LogP contribution is 2.29. The molecule has 1 saturated heterocycles. The molecule has 1 N–H and O–H groups in total. The number of fused-ring (bicyclic) bond motifs is 1. The molecule has 1 aromatic carbocycles. The first-order valence-electron chi connectivity index (χ1n) is 6.98. The van der Waals surface area contributed by atoms with Crippen LogP contribution in [0.3, 0.4) is 0 Å². The van der Waals surface area contributed by atoms with Gasteiger partial charge in [-0.3, -0.25) is 0 Å². The molecular weight excluding hydrogens is 276 g/mol. The van der Waals surface area contributed by atoms with E-state index in [4.69, 9.17) is 16.6 Å². The molecule has 1 aliphatic rings. The molecule has 0 aliphatic carbocycles. The zero-order chi connectivity index (χ0) is 13.2. The Bertz CT molecular complexity index is 560. The second kappa shape index (κ2) is 5.78. The summed E-state index contributed by atoms with van der Waals surface area (Å²) >= 11 is 7.81. The number of nitrogens with one attached hydrogen (secondary N) is 1. The fraction of sp³-hybridized carbons (Fsp3) is 0.533. The van der Waals surface area contributed by atoms with E-state index in [2.05, 4.69) is 12.2 Å². The van der Waals surface area contributed by atoms with Crippen LogP contribution in [-0.4, -0.2) is 18.1 Å². The van der Waals surface area contributed by atoms with Gasteiger partial charge in [0.05, 0.1) is 15.2 Å². The Balaban J connectivity index is 1.73. The molecule has 0 amide bonds. The van der Waals surface area contributed by atoms with Crippen molar-refractivity contribution in [2.75, 3.05) is 13.1 Å². The van der Waals surface area contributed by atoms with Gasteiger partial charge in [-0.15, -0.1) is 11.3 Å². The number of piperidine rings is 1. The lowest BCUT2D eigenvalue weighted by molar-refractivity contribution is 0.279. The van der Waals surface area contributed by atoms with Gasteiger partial charge in [-0.2, -0.15) is 0 Å². The third-order valence-corrected chi connectivity index (χ3v) is 5.31. The Hall–Kier alpha value is -0.640. The van der Waals surface area contributed by atoms with Crippen molar-refractivity contribution in [3.8, 4) is 0 Å². The SMILES string of the molecule is CC(Cc1nc2ccc(Cl)cc2s1)C1CCCNC1. The monoisotopic (exact) mass is 294 g/mol. The Morgan fingerprint density at radius 3 is 3.21 bits per heavy atom. The van der Waals surface area contributed by atoms with Crippen molar-refractivity contribution in [1.82, 2.24) is 10.3 Å². The van der Waals surface area contributed by atoms with Crippen molar-refractivity contribution >= 4 is 33.2 Å². The molecule has 102 valence electrons. The van der Waals surface area contributed by atoms with Crippen molar-refractivity contribution in [2.24, 2.45) is 11.8 Å². The highest BCUT2D eigenvalue weighted by atomic mass is 35.5. The van der Waals surface area contributed by atoms with E-state index in [0.717, 1.165) is 29.4 Å². The van der Waals surface area contributed by atoms with Gasteiger partial charge in [-0.1, -0.05) is 18.5 Å². The van der Waals surface area contributed by atoms with Crippen molar-refractivity contribution in [1.29, 1.82) is 0 Å². The molecule has 2 nitrogen and oxygen atoms in total. The van der Waals surface area contributed by atoms with Crippen LogP contribution in [0.25, 0.3) is 10.2 Å². The van der Waals surface area contributed by atoms with Gasteiger partial charge in [-0.05, 0) is 56.0 Å². The summed E-state index contributed by atoms with van der Waals surface area (Å²) in [5.74, 6) is 1.49. The minimum absolute atomic E-state index is 0.698. The van der Waals surface area contributed by atoms with E-state index in [1.807, 2.05) is 18.2 Å². The lowest BCUT2D eigenvalue weighted by atomic mass is 9.86. The lowest BCUT2D eigenvalue weighted by Gasteiger charge is -2.27. The lowest BCUT2D eigenvalue weighted by Crippen LogP contribution is -2.33. The summed E-state index contributed by atoms with van der Waals surface area (Å²) < 4.78 is 1.21. The summed E-state index contributed by atoms with van der Waals surface area (Å²) in [4.78, 5) is 4.73. The van der Waals surface area contributed by atoms with Gasteiger partial charge >= 0.3 is 0 Å². The molecule has 1 aromatic heterocycles. The predicted molar refractivity (Wildman–Crippen MR) is 83.1 cm³/mol. The smallest absolute Gasteiger partial charge is 0.0941 e. The van der Waals surface area contributed by atoms with Crippen LogP contribution in [0.5, 0.6) is 0 Å². The van der Waals surface area contributed by atoms with Crippen LogP contribution < -0.4 is 5.32 Å². The average Bonchev–Trinajstić information content (AvgIpc) is 2.81. The number of hydrogen-bond acceptors (Lipinski definition) is 3. The van der Waals surface area contributed by atoms with Crippen LogP contribution in [-0.2, 0) is 6.42 Å². The van der Waals surface area contributed by atoms with Gasteiger partial charge < -0.3 is 5.32 Å². The van der Waals surface area contributed by atoms with Gasteiger partial charge in [0.25, 0.3) is 0 Å². The molecule has 4 heteroatoms. The fourth-order valence-electron chi connectivity index (χ4n) is 2.84. The summed E-state index contributed by atoms with van der Waals surface area (Å²) in [5, 5.41) is 5.55. The summed E-state index contributed by atoms with van der Waals surface area (Å²) in [7, 11) is 0. The minimum atomic E-state index is 0.698. The Labute approximate surface area is 123 Å². The second-order valence-corrected chi connectivity index (χ2v) is 7.06. The van der Waals surface area contributed by atoms with E-state index in [0.29, 0.717) is 5.92 Å². The molecule has 2 aromatic rings. The van der Waals surface area contributed by atoms with E-state index in [1.165, 1.54) is 29.1 Å². The number of benzene rings is 1. The molecule has 0 spiro atoms. The largest absolute Gasteiger partial charge is 0.316 e. The number of thiazole rings is 1. The Morgan fingerprint density at radius 2 is 2.42 bits per heavy atom. The van der Waals surface area contributed by atoms with E-state index in [1.54, 1.807) is 11.3 Å². The summed E-state index contributed by atoms with van der Waals surface area (Å²) in [6.07, 6.45) is 3.75. The number of rotatable bonds is 3. The van der Waals surface area contributed by atoms with Gasteiger partial charge in [-0.25, -0.2) is 4.98 Å². The topological polar surface area (TPSA) is 24.9 Å². The van der Waals surface area contributed by atoms with Gasteiger partial charge in [0, 0.05) is 11.4 Å². The molecule has 2 heterocycles. The summed E-state index contributed by atoms with van der Waals surface area (Å²) in [5.41, 5.74) is 1.08. The average molecular weight is 295 g/mol. The number of nitrogens with zero attached hydrogens (tertiary/aromatic N) is 1. The van der Waals surface area contributed by atoms with E-state index in [-0.39, 0.29) is 0 Å². The first-order chi connectivity index (χ1) is 9.22. The highest BCUT2D eigenvalue weighted by molar-refractivity contribution is 7.18. The van der Waals surface area contributed by atoms with Gasteiger partial charge in [0.15, 0.2) is 0 Å². The molecule has 1 aliphatic heterocycles. The van der Waals surface area contributed by atoms with Crippen molar-refractivity contribution in [3.63, 3.8) is 0 Å². The molecule has 19 heavy (non-hydrogen) atoms. The fourth-order valence-corrected chi connectivity index (χ4v) is 4.23. The zero-order valence-electron chi connectivity index (χ0n) is 11.2. The maximum atomic E-state index is 6.03. The van der Waals surface area contributed by atoms with Crippen LogP contribution in [0.2, 0.25) is 5.02 Å². The second-order valence-electron chi connectivity index (χ2n) is 5.51. The quantitative estimate of drug-likeness (QED) is 0.921. The van der Waals surface area contributed by atoms with Crippen LogP contribution >= 0.6 is 22.9 Å². The molecular formula is C15H19ClN2S. The first kappa shape index (κ1) is 13.3. The summed E-state index contributed by atoms with van der Waals surface area (Å²) in [6, 6.07) is 5.96. The number of aromatic nitrogens is 1. The Morgan fingerprint density at radius 1 is 1.53 bits per heavy atom. The van der Waals surface area contributed by atoms with Gasteiger partial charge in [0.2, 0.25) is 0 Å². The molecule has 0 radical (unpaired) electrons. The van der Waals surface area contributed by atoms with Crippen molar-refractivity contribution in [2.45, 2.75) is 26.2 Å². The molecule has 1 fully saturated rings. The molecule has 2 atom stereocenters. The zero-order valence-corrected chi connectivity index (χ0v) is 12.7. The molecule has 3 rings (SSSR count). The standard InChI is InChI=1S/C15H19ClN2S/c1-10(11-3-2-6-17-9-11)7-15-18-13-5-4-12(16)8-14(13)19-15/h4-5,8,10-11,17H,2-3,6-7,9H2,1H3. The van der Waals surface area contributed by atoms with Crippen molar-refractivity contribution < 1.29 is 0 Å². The van der Waals surface area contributed by atoms with Crippen LogP contribution in [0.1, 0.15) is 24.8 Å². The number of hydrogen-bond donors (Lipinski definition) is 1. The van der Waals surface area contributed by atoms with Crippen LogP contribution in [0, 0.1) is 11.8 Å². The molecule has 0 bridgehead atoms. The van der Waals surface area contributed by atoms with Crippen molar-refractivity contribution in [3.05, 3.63) is 28.2 Å². The first-order valence-corrected chi connectivity index (χ1v) is 8.17. The predicted octanol–water partition coefficient (Wildman–Crippen LogP) is 4.13. The van der Waals surface area contributed by atoms with Crippen LogP contribution in [0.15, 0.2) is 18.2 Å². The van der Waals surface area contributed by atoms with E-state index in [9.17, 15) is 0 Å². The minimum Gasteiger partial charge on any atom is -0.316 e. The molecule has 2 unspecified atom stereocenters. The third kappa shape index (κ3) is 3.10. The Kier molecular flexibility index (Phi) is 4.06. The normalized spacial score (nSPS) is 21.7. The third-order valence-electron chi connectivity index (χ3n) is 4.03. The number of halogens is 1. The summed E-state index contributed by atoms with van der Waals surface area (Å²) in [6.45, 7) is 4.71. The van der Waals surface area contributed by atoms with Crippen LogP contribution in [0.4, 0.5) is 0 Å². The maximum Gasteiger partial charge on any atom is 0.0941 e.